The van der Waals surface area contributed by atoms with Crippen LogP contribution in [0.2, 0.25) is 0 Å². The second kappa shape index (κ2) is 4.11. The van der Waals surface area contributed by atoms with Crippen molar-refractivity contribution in [3.8, 4) is 0 Å². The predicted octanol–water partition coefficient (Wildman–Crippen LogP) is 3.01. The molecule has 0 amide bonds. The Hall–Kier alpha value is -1.77. The zero-order valence-electron chi connectivity index (χ0n) is 12.1. The van der Waals surface area contributed by atoms with E-state index in [0.717, 1.165) is 0 Å². The van der Waals surface area contributed by atoms with E-state index < -0.39 is 0 Å². The summed E-state index contributed by atoms with van der Waals surface area (Å²) in [5.41, 5.74) is 3.98. The molecule has 0 atom stereocenters. The zero-order chi connectivity index (χ0) is 13.9. The third kappa shape index (κ3) is 1.49. The van der Waals surface area contributed by atoms with E-state index in [2.05, 4.69) is 34.7 Å². The van der Waals surface area contributed by atoms with Gasteiger partial charge in [0.25, 0.3) is 0 Å². The van der Waals surface area contributed by atoms with Crippen molar-refractivity contribution >= 4 is 22.5 Å². The lowest BCUT2D eigenvalue weighted by Crippen LogP contribution is -2.39. The van der Waals surface area contributed by atoms with Gasteiger partial charge in [-0.25, -0.2) is 0 Å². The summed E-state index contributed by atoms with van der Waals surface area (Å²) in [6.45, 7) is 4.04. The molecule has 0 N–H and O–H groups in total. The molecule has 1 aromatic heterocycles. The van der Waals surface area contributed by atoms with E-state index in [1.54, 1.807) is 6.92 Å². The minimum atomic E-state index is 0.236. The first-order valence-electron chi connectivity index (χ1n) is 7.51. The largest absolute Gasteiger partial charge is 0.358 e. The first kappa shape index (κ1) is 12.0. The standard InChI is InChI=1S/C17H20N2O/c1-11(20)10-13-4-3-5-14-15-12-6-8-19(9-7-12)17(15)18(2)16(13)14/h3-5,12H,6-10H2,1-2H3. The van der Waals surface area contributed by atoms with Gasteiger partial charge >= 0.3 is 0 Å². The summed E-state index contributed by atoms with van der Waals surface area (Å²) in [6.07, 6.45) is 3.10. The topological polar surface area (TPSA) is 25.2 Å². The number of anilines is 1. The maximum Gasteiger partial charge on any atom is 0.134 e. The maximum atomic E-state index is 11.5. The molecular weight excluding hydrogens is 248 g/mol. The number of para-hydroxylation sites is 1. The van der Waals surface area contributed by atoms with Crippen molar-refractivity contribution in [2.45, 2.75) is 32.1 Å². The van der Waals surface area contributed by atoms with Crippen LogP contribution in [0.15, 0.2) is 18.2 Å². The van der Waals surface area contributed by atoms with Crippen LogP contribution in [0.25, 0.3) is 10.9 Å². The van der Waals surface area contributed by atoms with Gasteiger partial charge in [0.05, 0.1) is 5.52 Å². The summed E-state index contributed by atoms with van der Waals surface area (Å²) < 4.78 is 2.33. The highest BCUT2D eigenvalue weighted by Gasteiger charge is 2.35. The van der Waals surface area contributed by atoms with Crippen molar-refractivity contribution in [1.82, 2.24) is 4.57 Å². The van der Waals surface area contributed by atoms with Gasteiger partial charge in [-0.05, 0) is 31.2 Å². The zero-order valence-corrected chi connectivity index (χ0v) is 12.1. The van der Waals surface area contributed by atoms with Gasteiger partial charge in [-0.1, -0.05) is 18.2 Å². The third-order valence-electron chi connectivity index (χ3n) is 4.95. The number of hydrogen-bond acceptors (Lipinski definition) is 2. The molecule has 3 aliphatic heterocycles. The lowest BCUT2D eigenvalue weighted by atomic mass is 9.84. The molecule has 0 unspecified atom stereocenters. The molecule has 3 nitrogen and oxygen atoms in total. The van der Waals surface area contributed by atoms with Crippen molar-refractivity contribution in [2.75, 3.05) is 18.0 Å². The molecule has 3 heteroatoms. The fraction of sp³-hybridized carbons (Fsp3) is 0.471. The number of aromatic nitrogens is 1. The normalized spacial score (nSPS) is 17.8. The van der Waals surface area contributed by atoms with Crippen LogP contribution in [0, 0.1) is 0 Å². The quantitative estimate of drug-likeness (QED) is 0.836. The van der Waals surface area contributed by atoms with Gasteiger partial charge in [-0.15, -0.1) is 0 Å². The lowest BCUT2D eigenvalue weighted by molar-refractivity contribution is -0.116. The van der Waals surface area contributed by atoms with Gasteiger partial charge in [0, 0.05) is 37.5 Å². The average Bonchev–Trinajstić information content (AvgIpc) is 2.77. The number of Topliss-reactive ketones (excluding diaryl/α,β-unsaturated/α-hetero) is 1. The Bertz CT molecular complexity index is 705. The molecule has 1 saturated heterocycles. The molecule has 3 aliphatic rings. The number of nitrogens with zero attached hydrogens (tertiary/aromatic N) is 2. The second-order valence-electron chi connectivity index (χ2n) is 6.25. The second-order valence-corrected chi connectivity index (χ2v) is 6.25. The first-order valence-corrected chi connectivity index (χ1v) is 7.51. The molecule has 104 valence electrons. The van der Waals surface area contributed by atoms with Gasteiger partial charge in [0.15, 0.2) is 0 Å². The predicted molar refractivity (Wildman–Crippen MR) is 81.5 cm³/mol. The first-order chi connectivity index (χ1) is 9.66. The van der Waals surface area contributed by atoms with Crippen molar-refractivity contribution in [2.24, 2.45) is 7.05 Å². The SMILES string of the molecule is CC(=O)Cc1cccc2c3c(n(C)c12)N1CCC3CC1. The van der Waals surface area contributed by atoms with Crippen molar-refractivity contribution < 1.29 is 4.79 Å². The van der Waals surface area contributed by atoms with E-state index in [9.17, 15) is 4.79 Å². The Morgan fingerprint density at radius 2 is 2.05 bits per heavy atom. The Balaban J connectivity index is 2.03. The van der Waals surface area contributed by atoms with Crippen LogP contribution in [0.4, 0.5) is 5.82 Å². The molecule has 1 aromatic carbocycles. The summed E-state index contributed by atoms with van der Waals surface area (Å²) in [7, 11) is 2.16. The summed E-state index contributed by atoms with van der Waals surface area (Å²) in [4.78, 5) is 14.1. The molecule has 5 rings (SSSR count). The molecule has 1 fully saturated rings. The van der Waals surface area contributed by atoms with Crippen molar-refractivity contribution in [3.05, 3.63) is 29.3 Å². The number of benzene rings is 1. The van der Waals surface area contributed by atoms with Gasteiger partial charge in [0.1, 0.15) is 11.6 Å². The van der Waals surface area contributed by atoms with E-state index >= 15 is 0 Å². The Morgan fingerprint density at radius 1 is 1.30 bits per heavy atom. The number of rotatable bonds is 2. The molecule has 2 bridgehead atoms. The summed E-state index contributed by atoms with van der Waals surface area (Å²) >= 11 is 0. The van der Waals surface area contributed by atoms with E-state index in [0.29, 0.717) is 12.3 Å². The Labute approximate surface area is 119 Å². The van der Waals surface area contributed by atoms with E-state index in [-0.39, 0.29) is 5.78 Å². The maximum absolute atomic E-state index is 11.5. The lowest BCUT2D eigenvalue weighted by Gasteiger charge is -2.41. The van der Waals surface area contributed by atoms with Crippen molar-refractivity contribution in [3.63, 3.8) is 0 Å². The number of carbonyl (C=O) groups excluding carboxylic acids is 1. The number of aryl methyl sites for hydroxylation is 1. The van der Waals surface area contributed by atoms with Crippen LogP contribution in [0.5, 0.6) is 0 Å². The molecular formula is C17H20N2O. The molecule has 4 heterocycles. The molecule has 2 aromatic rings. The van der Waals surface area contributed by atoms with Crippen LogP contribution in [0.3, 0.4) is 0 Å². The highest BCUT2D eigenvalue weighted by Crippen LogP contribution is 2.47. The molecule has 0 radical (unpaired) electrons. The Morgan fingerprint density at radius 3 is 2.75 bits per heavy atom. The van der Waals surface area contributed by atoms with Crippen LogP contribution in [-0.4, -0.2) is 23.4 Å². The number of hydrogen-bond donors (Lipinski definition) is 0. The van der Waals surface area contributed by atoms with Crippen LogP contribution >= 0.6 is 0 Å². The number of ketones is 1. The molecule has 20 heavy (non-hydrogen) atoms. The molecule has 0 aliphatic carbocycles. The summed E-state index contributed by atoms with van der Waals surface area (Å²) in [5.74, 6) is 2.35. The van der Waals surface area contributed by atoms with Gasteiger partial charge in [-0.2, -0.15) is 0 Å². The van der Waals surface area contributed by atoms with Gasteiger partial charge < -0.3 is 9.47 Å². The van der Waals surface area contributed by atoms with Crippen molar-refractivity contribution in [1.29, 1.82) is 0 Å². The summed E-state index contributed by atoms with van der Waals surface area (Å²) in [6, 6.07) is 6.45. The fourth-order valence-corrected chi connectivity index (χ4v) is 4.19. The highest BCUT2D eigenvalue weighted by molar-refractivity contribution is 5.96. The highest BCUT2D eigenvalue weighted by atomic mass is 16.1. The molecule has 0 spiro atoms. The molecule has 0 saturated carbocycles. The van der Waals surface area contributed by atoms with Crippen LogP contribution < -0.4 is 4.90 Å². The van der Waals surface area contributed by atoms with E-state index in [1.165, 1.54) is 53.8 Å². The summed E-state index contributed by atoms with van der Waals surface area (Å²) in [5, 5.41) is 1.37. The smallest absolute Gasteiger partial charge is 0.134 e. The van der Waals surface area contributed by atoms with E-state index in [4.69, 9.17) is 0 Å². The monoisotopic (exact) mass is 268 g/mol. The van der Waals surface area contributed by atoms with Crippen LogP contribution in [0.1, 0.15) is 36.8 Å². The number of fused-ring (bicyclic) bond motifs is 3. The Kier molecular flexibility index (Phi) is 2.47. The third-order valence-corrected chi connectivity index (χ3v) is 4.95. The van der Waals surface area contributed by atoms with Gasteiger partial charge in [-0.3, -0.25) is 4.79 Å². The van der Waals surface area contributed by atoms with E-state index in [1.807, 2.05) is 0 Å². The minimum absolute atomic E-state index is 0.236. The minimum Gasteiger partial charge on any atom is -0.358 e. The number of piperidine rings is 1. The average molecular weight is 268 g/mol. The van der Waals surface area contributed by atoms with Gasteiger partial charge in [0.2, 0.25) is 0 Å². The number of carbonyl (C=O) groups is 1. The van der Waals surface area contributed by atoms with Crippen LogP contribution in [-0.2, 0) is 18.3 Å². The fourth-order valence-electron chi connectivity index (χ4n) is 4.19.